The normalized spacial score (nSPS) is 17.4. The van der Waals surface area contributed by atoms with E-state index in [1.54, 1.807) is 16.0 Å². The first-order valence-electron chi connectivity index (χ1n) is 23.7. The van der Waals surface area contributed by atoms with Crippen LogP contribution in [0.1, 0.15) is 85.7 Å². The number of hydrogen-bond donors (Lipinski definition) is 5. The smallest absolute Gasteiger partial charge is 0.318 e. The molecular weight excluding hydrogens is 863 g/mol. The van der Waals surface area contributed by atoms with Crippen LogP contribution in [0.5, 0.6) is 0 Å². The van der Waals surface area contributed by atoms with Gasteiger partial charge < -0.3 is 50.4 Å². The van der Waals surface area contributed by atoms with Crippen LogP contribution in [0, 0.1) is 0 Å². The third kappa shape index (κ3) is 12.1. The van der Waals surface area contributed by atoms with Crippen molar-refractivity contribution in [2.24, 2.45) is 0 Å². The Morgan fingerprint density at radius 3 is 1.79 bits per heavy atom. The summed E-state index contributed by atoms with van der Waals surface area (Å²) < 4.78 is 10.8. The predicted octanol–water partition coefficient (Wildman–Crippen LogP) is 6.44. The van der Waals surface area contributed by atoms with E-state index < -0.39 is 12.1 Å². The number of benzene rings is 4. The fraction of sp³-hybridized carbons (Fsp3) is 0.385. The van der Waals surface area contributed by atoms with Gasteiger partial charge in [0.05, 0.1) is 50.4 Å². The molecule has 0 radical (unpaired) electrons. The van der Waals surface area contributed by atoms with Gasteiger partial charge in [0.1, 0.15) is 17.9 Å². The number of nitrogens with one attached hydrogen (secondary N) is 5. The van der Waals surface area contributed by atoms with Gasteiger partial charge in [-0.05, 0) is 66.0 Å². The summed E-state index contributed by atoms with van der Waals surface area (Å²) in [5, 5.41) is 11.9. The van der Waals surface area contributed by atoms with Crippen molar-refractivity contribution in [2.45, 2.75) is 63.2 Å². The molecule has 8 rings (SSSR count). The van der Waals surface area contributed by atoms with Crippen molar-refractivity contribution >= 4 is 29.8 Å². The zero-order valence-corrected chi connectivity index (χ0v) is 38.5. The number of ether oxygens (including phenoxy) is 2. The summed E-state index contributed by atoms with van der Waals surface area (Å²) >= 11 is 0. The van der Waals surface area contributed by atoms with Gasteiger partial charge in [-0.2, -0.15) is 0 Å². The average molecular weight is 924 g/mol. The lowest BCUT2D eigenvalue weighted by Crippen LogP contribution is -2.50. The summed E-state index contributed by atoms with van der Waals surface area (Å²) in [7, 11) is 0. The molecule has 0 unspecified atom stereocenters. The van der Waals surface area contributed by atoms with E-state index in [2.05, 4.69) is 38.4 Å². The second-order valence-electron chi connectivity index (χ2n) is 17.4. The second kappa shape index (κ2) is 23.1. The van der Waals surface area contributed by atoms with E-state index in [1.165, 1.54) is 0 Å². The number of carbonyl (C=O) groups excluding carboxylic acids is 5. The Labute approximate surface area is 397 Å². The van der Waals surface area contributed by atoms with Gasteiger partial charge in [-0.25, -0.2) is 14.6 Å². The van der Waals surface area contributed by atoms with Crippen molar-refractivity contribution < 1.29 is 33.4 Å². The number of carbonyl (C=O) groups is 5. The third-order valence-corrected chi connectivity index (χ3v) is 12.8. The van der Waals surface area contributed by atoms with E-state index in [-0.39, 0.29) is 41.9 Å². The monoisotopic (exact) mass is 923 g/mol. The summed E-state index contributed by atoms with van der Waals surface area (Å²) in [5.74, 6) is 0.180. The molecule has 0 bridgehead atoms. The van der Waals surface area contributed by atoms with Gasteiger partial charge in [-0.1, -0.05) is 109 Å². The topological polar surface area (TPSA) is 190 Å². The Morgan fingerprint density at radius 2 is 1.19 bits per heavy atom. The van der Waals surface area contributed by atoms with Crippen molar-refractivity contribution in [2.75, 3.05) is 65.7 Å². The third-order valence-electron chi connectivity index (χ3n) is 12.8. The molecule has 0 spiro atoms. The molecule has 5 N–H and O–H groups in total. The largest absolute Gasteiger partial charge is 0.378 e. The van der Waals surface area contributed by atoms with Crippen LogP contribution in [0.3, 0.4) is 0 Å². The first kappa shape index (κ1) is 47.5. The zero-order chi connectivity index (χ0) is 47.2. The second-order valence-corrected chi connectivity index (χ2v) is 17.4. The molecule has 1 aromatic heterocycles. The standard InChI is InChI=1S/C52H61N9O7/c1-36(55-45(62)16-8-9-25-53-49(63)46(41-11-4-2-5-12-41)57-51(65)59-27-31-67-32-28-59)37-17-19-38(20-18-37)39-21-23-40(24-22-39)43-35-54-48(56-43)44-15-10-26-61(44)50(64)47(42-13-6-3-7-14-42)58-52(66)60-29-33-68-34-30-60/h2-7,11-14,17-24,35-36,44,46-47H,8-10,15-16,25-34H2,1H3,(H,53,63)(H,54,56)(H,55,62)(H,57,65)(H,58,66)/t36-,44+,46-,47-/m1/s1. The number of nitrogens with zero attached hydrogens (tertiary/aromatic N) is 4. The van der Waals surface area contributed by atoms with Crippen LogP contribution in [0.15, 0.2) is 115 Å². The number of hydrogen-bond acceptors (Lipinski definition) is 8. The number of imidazole rings is 1. The molecule has 68 heavy (non-hydrogen) atoms. The number of amides is 7. The number of likely N-dealkylation sites (tertiary alicyclic amines) is 1. The first-order valence-corrected chi connectivity index (χ1v) is 23.7. The fourth-order valence-electron chi connectivity index (χ4n) is 8.90. The molecule has 7 amide bonds. The lowest BCUT2D eigenvalue weighted by Gasteiger charge is -2.32. The van der Waals surface area contributed by atoms with Gasteiger partial charge >= 0.3 is 12.1 Å². The number of urea groups is 2. The average Bonchev–Trinajstić information content (AvgIpc) is 4.09. The maximum absolute atomic E-state index is 14.3. The Balaban J connectivity index is 0.800. The lowest BCUT2D eigenvalue weighted by molar-refractivity contribution is -0.134. The SMILES string of the molecule is C[C@@H](NC(=O)CCCCNC(=O)[C@H](NC(=O)N1CCOCC1)c1ccccc1)c1ccc(-c2ccc(-c3cnc([C@@H]4CCCN4C(=O)[C@H](NC(=O)N4CCOCC4)c4ccccc4)[nH]3)cc2)cc1. The highest BCUT2D eigenvalue weighted by atomic mass is 16.5. The van der Waals surface area contributed by atoms with Crippen LogP contribution in [-0.2, 0) is 23.9 Å². The highest BCUT2D eigenvalue weighted by Crippen LogP contribution is 2.34. The molecule has 356 valence electrons. The van der Waals surface area contributed by atoms with E-state index in [0.717, 1.165) is 46.4 Å². The van der Waals surface area contributed by atoms with Gasteiger partial charge in [0.25, 0.3) is 0 Å². The van der Waals surface area contributed by atoms with Gasteiger partial charge in [0.15, 0.2) is 0 Å². The molecule has 16 nitrogen and oxygen atoms in total. The van der Waals surface area contributed by atoms with Crippen LogP contribution in [0.25, 0.3) is 22.4 Å². The molecule has 5 aromatic rings. The van der Waals surface area contributed by atoms with E-state index in [4.69, 9.17) is 14.5 Å². The van der Waals surface area contributed by atoms with Crippen LogP contribution in [0.4, 0.5) is 9.59 Å². The van der Waals surface area contributed by atoms with Crippen molar-refractivity contribution in [1.29, 1.82) is 0 Å². The van der Waals surface area contributed by atoms with E-state index in [1.807, 2.05) is 109 Å². The molecule has 4 aromatic carbocycles. The highest BCUT2D eigenvalue weighted by Gasteiger charge is 2.37. The van der Waals surface area contributed by atoms with Crippen molar-refractivity contribution in [3.8, 4) is 22.4 Å². The molecule has 4 atom stereocenters. The summed E-state index contributed by atoms with van der Waals surface area (Å²) in [5.41, 5.74) is 6.29. The number of H-pyrrole nitrogens is 1. The number of morpholine rings is 2. The molecule has 3 fully saturated rings. The number of aromatic nitrogens is 2. The predicted molar refractivity (Wildman–Crippen MR) is 257 cm³/mol. The van der Waals surface area contributed by atoms with Crippen LogP contribution in [-0.4, -0.2) is 120 Å². The maximum atomic E-state index is 14.3. The first-order chi connectivity index (χ1) is 33.2. The number of aromatic amines is 1. The summed E-state index contributed by atoms with van der Waals surface area (Å²) in [6, 6.07) is 32.2. The van der Waals surface area contributed by atoms with Gasteiger partial charge in [-0.15, -0.1) is 0 Å². The summed E-state index contributed by atoms with van der Waals surface area (Å²) in [6.07, 6.45) is 4.90. The van der Waals surface area contributed by atoms with Crippen LogP contribution >= 0.6 is 0 Å². The van der Waals surface area contributed by atoms with Crippen LogP contribution < -0.4 is 21.3 Å². The van der Waals surface area contributed by atoms with E-state index >= 15 is 0 Å². The molecular formula is C52H61N9O7. The molecule has 0 saturated carbocycles. The molecule has 16 heteroatoms. The Morgan fingerprint density at radius 1 is 0.647 bits per heavy atom. The van der Waals surface area contributed by atoms with Crippen molar-refractivity contribution in [3.05, 3.63) is 138 Å². The fourth-order valence-corrected chi connectivity index (χ4v) is 8.90. The molecule has 0 aliphatic carbocycles. The van der Waals surface area contributed by atoms with Crippen molar-refractivity contribution in [1.82, 2.24) is 45.9 Å². The lowest BCUT2D eigenvalue weighted by atomic mass is 10.00. The number of rotatable bonds is 16. The van der Waals surface area contributed by atoms with E-state index in [9.17, 15) is 24.0 Å². The van der Waals surface area contributed by atoms with Gasteiger partial charge in [-0.3, -0.25) is 14.4 Å². The zero-order valence-electron chi connectivity index (χ0n) is 38.5. The minimum absolute atomic E-state index is 0.0676. The molecule has 3 aliphatic heterocycles. The molecule has 3 saturated heterocycles. The minimum Gasteiger partial charge on any atom is -0.378 e. The van der Waals surface area contributed by atoms with E-state index in [0.29, 0.717) is 96.3 Å². The Bertz CT molecular complexity index is 2460. The quantitative estimate of drug-likeness (QED) is 0.0700. The molecule has 3 aliphatic rings. The molecule has 4 heterocycles. The maximum Gasteiger partial charge on any atom is 0.318 e. The summed E-state index contributed by atoms with van der Waals surface area (Å²) in [6.45, 7) is 6.67. The van der Waals surface area contributed by atoms with Crippen molar-refractivity contribution in [3.63, 3.8) is 0 Å². The van der Waals surface area contributed by atoms with Gasteiger partial charge in [0.2, 0.25) is 17.7 Å². The Kier molecular flexibility index (Phi) is 16.1. The van der Waals surface area contributed by atoms with Crippen LogP contribution in [0.2, 0.25) is 0 Å². The Hall–Kier alpha value is -7.04. The number of unbranched alkanes of at least 4 members (excludes halogenated alkanes) is 1. The van der Waals surface area contributed by atoms with Gasteiger partial charge in [0, 0.05) is 45.7 Å². The summed E-state index contributed by atoms with van der Waals surface area (Å²) in [4.78, 5) is 80.0. The minimum atomic E-state index is -0.836. The highest BCUT2D eigenvalue weighted by molar-refractivity contribution is 5.89.